The predicted molar refractivity (Wildman–Crippen MR) is 143 cm³/mol. The molecule has 188 valence electrons. The van der Waals surface area contributed by atoms with Gasteiger partial charge in [-0.3, -0.25) is 15.0 Å². The predicted octanol–water partition coefficient (Wildman–Crippen LogP) is 7.35. The standard InChI is InChI=1S/C13H17NO2.C7H5ClO.C6H13NO.ClH/c1-3-8-12(16-4-2)14-13(15)11-9-6-5-7-10-11;8-7(9)6-4-2-1-3-5-6;1-3-5-6(7)8-4-2;/h5-7,9-10H,3-4,8H2,1-2H3;1-5H;7H,3-5H2,1-2H3;1H. The largest absolute Gasteiger partial charge is 0.481 e. The number of ether oxygens (including phenoxy) is 2. The van der Waals surface area contributed by atoms with Crippen LogP contribution in [0.15, 0.2) is 65.7 Å². The molecule has 8 heteroatoms. The van der Waals surface area contributed by atoms with Crippen molar-refractivity contribution >= 4 is 47.0 Å². The quantitative estimate of drug-likeness (QED) is 0.228. The van der Waals surface area contributed by atoms with Crippen molar-refractivity contribution in [3.63, 3.8) is 0 Å². The number of halogens is 2. The van der Waals surface area contributed by atoms with Crippen LogP contribution < -0.4 is 0 Å². The van der Waals surface area contributed by atoms with E-state index in [9.17, 15) is 9.59 Å². The summed E-state index contributed by atoms with van der Waals surface area (Å²) in [5.74, 6) is 0.700. The first-order valence-electron chi connectivity index (χ1n) is 11.1. The molecule has 2 aromatic rings. The van der Waals surface area contributed by atoms with Crippen molar-refractivity contribution in [1.29, 1.82) is 5.41 Å². The van der Waals surface area contributed by atoms with Gasteiger partial charge in [-0.1, -0.05) is 62.4 Å². The average Bonchev–Trinajstić information content (AvgIpc) is 2.82. The highest BCUT2D eigenvalue weighted by Gasteiger charge is 2.06. The van der Waals surface area contributed by atoms with Crippen molar-refractivity contribution < 1.29 is 19.1 Å². The van der Waals surface area contributed by atoms with Gasteiger partial charge >= 0.3 is 0 Å². The number of nitrogens with zero attached hydrogens (tertiary/aromatic N) is 1. The third-order valence-corrected chi connectivity index (χ3v) is 4.04. The molecule has 0 saturated heterocycles. The fourth-order valence-corrected chi connectivity index (χ4v) is 2.47. The number of rotatable bonds is 8. The van der Waals surface area contributed by atoms with E-state index in [-0.39, 0.29) is 18.3 Å². The Morgan fingerprint density at radius 1 is 0.794 bits per heavy atom. The summed E-state index contributed by atoms with van der Waals surface area (Å²) in [5.41, 5.74) is 1.13. The summed E-state index contributed by atoms with van der Waals surface area (Å²) >= 11 is 5.16. The minimum absolute atomic E-state index is 0. The highest BCUT2D eigenvalue weighted by Crippen LogP contribution is 2.04. The fourth-order valence-electron chi connectivity index (χ4n) is 2.34. The molecule has 0 bridgehead atoms. The Balaban J connectivity index is 0. The van der Waals surface area contributed by atoms with Gasteiger partial charge in [0, 0.05) is 24.0 Å². The molecule has 6 nitrogen and oxygen atoms in total. The van der Waals surface area contributed by atoms with Crippen LogP contribution in [0.1, 0.15) is 74.1 Å². The minimum Gasteiger partial charge on any atom is -0.481 e. The van der Waals surface area contributed by atoms with Crippen molar-refractivity contribution in [2.24, 2.45) is 4.99 Å². The van der Waals surface area contributed by atoms with Crippen LogP contribution in [0.4, 0.5) is 0 Å². The van der Waals surface area contributed by atoms with E-state index in [1.54, 1.807) is 36.4 Å². The summed E-state index contributed by atoms with van der Waals surface area (Å²) < 4.78 is 10.2. The molecular formula is C26H36Cl2N2O4. The first kappa shape index (κ1) is 33.5. The van der Waals surface area contributed by atoms with Gasteiger partial charge < -0.3 is 9.47 Å². The van der Waals surface area contributed by atoms with E-state index in [1.165, 1.54) is 0 Å². The van der Waals surface area contributed by atoms with Gasteiger partial charge in [-0.2, -0.15) is 4.99 Å². The zero-order valence-corrected chi connectivity index (χ0v) is 22.0. The second-order valence-corrected chi connectivity index (χ2v) is 6.95. The van der Waals surface area contributed by atoms with Crippen LogP contribution in [0.2, 0.25) is 0 Å². The Morgan fingerprint density at radius 3 is 1.65 bits per heavy atom. The number of carbonyl (C=O) groups excluding carboxylic acids is 2. The van der Waals surface area contributed by atoms with Crippen LogP contribution in [0.25, 0.3) is 0 Å². The Hall–Kier alpha value is -2.70. The number of benzene rings is 2. The molecule has 0 unspecified atom stereocenters. The molecule has 0 radical (unpaired) electrons. The Kier molecular flexibility index (Phi) is 21.8. The number of nitrogens with one attached hydrogen (secondary N) is 1. The molecular weight excluding hydrogens is 475 g/mol. The Bertz CT molecular complexity index is 828. The van der Waals surface area contributed by atoms with Crippen LogP contribution in [0.5, 0.6) is 0 Å². The normalized spacial score (nSPS) is 9.74. The average molecular weight is 511 g/mol. The lowest BCUT2D eigenvalue weighted by molar-refractivity contribution is 0.0998. The van der Waals surface area contributed by atoms with Gasteiger partial charge in [0.05, 0.1) is 13.2 Å². The monoisotopic (exact) mass is 510 g/mol. The molecule has 1 amide bonds. The summed E-state index contributed by atoms with van der Waals surface area (Å²) in [4.78, 5) is 26.1. The molecule has 1 N–H and O–H groups in total. The lowest BCUT2D eigenvalue weighted by Gasteiger charge is -2.05. The van der Waals surface area contributed by atoms with E-state index in [0.29, 0.717) is 42.6 Å². The topological polar surface area (TPSA) is 88.8 Å². The molecule has 0 aliphatic heterocycles. The molecule has 0 aliphatic carbocycles. The van der Waals surface area contributed by atoms with E-state index < -0.39 is 5.24 Å². The van der Waals surface area contributed by atoms with Gasteiger partial charge in [0.15, 0.2) is 11.8 Å². The third-order valence-electron chi connectivity index (χ3n) is 3.82. The molecule has 0 spiro atoms. The first-order chi connectivity index (χ1) is 15.9. The molecule has 34 heavy (non-hydrogen) atoms. The van der Waals surface area contributed by atoms with Crippen LogP contribution in [0, 0.1) is 5.41 Å². The molecule has 2 rings (SSSR count). The maximum Gasteiger partial charge on any atom is 0.279 e. The second kappa shape index (κ2) is 22.1. The van der Waals surface area contributed by atoms with Crippen molar-refractivity contribution in [3.8, 4) is 0 Å². The minimum atomic E-state index is -0.407. The fraction of sp³-hybridized carbons (Fsp3) is 0.385. The van der Waals surface area contributed by atoms with Gasteiger partial charge in [-0.25, -0.2) is 0 Å². The van der Waals surface area contributed by atoms with E-state index in [1.807, 2.05) is 52.0 Å². The zero-order valence-electron chi connectivity index (χ0n) is 20.4. The van der Waals surface area contributed by atoms with E-state index >= 15 is 0 Å². The lowest BCUT2D eigenvalue weighted by atomic mass is 10.2. The van der Waals surface area contributed by atoms with Crippen molar-refractivity contribution in [2.75, 3.05) is 13.2 Å². The maximum atomic E-state index is 11.7. The summed E-state index contributed by atoms with van der Waals surface area (Å²) in [6, 6.07) is 17.8. The van der Waals surface area contributed by atoms with Crippen LogP contribution in [-0.4, -0.2) is 36.2 Å². The highest BCUT2D eigenvalue weighted by molar-refractivity contribution is 6.67. The van der Waals surface area contributed by atoms with E-state index in [2.05, 4.69) is 4.99 Å². The number of aliphatic imine (C=N–C) groups is 1. The molecule has 0 aliphatic rings. The smallest absolute Gasteiger partial charge is 0.279 e. The lowest BCUT2D eigenvalue weighted by Crippen LogP contribution is -2.08. The second-order valence-electron chi connectivity index (χ2n) is 6.61. The van der Waals surface area contributed by atoms with Crippen LogP contribution in [-0.2, 0) is 9.47 Å². The van der Waals surface area contributed by atoms with Gasteiger partial charge in [0.2, 0.25) is 0 Å². The molecule has 0 aromatic heterocycles. The van der Waals surface area contributed by atoms with Crippen LogP contribution in [0.3, 0.4) is 0 Å². The van der Waals surface area contributed by atoms with Gasteiger partial charge in [0.25, 0.3) is 11.1 Å². The summed E-state index contributed by atoms with van der Waals surface area (Å²) in [7, 11) is 0. The van der Waals surface area contributed by atoms with Gasteiger partial charge in [-0.15, -0.1) is 12.4 Å². The van der Waals surface area contributed by atoms with Gasteiger partial charge in [-0.05, 0) is 50.4 Å². The Morgan fingerprint density at radius 2 is 1.26 bits per heavy atom. The van der Waals surface area contributed by atoms with Crippen molar-refractivity contribution in [2.45, 2.75) is 53.4 Å². The molecule has 2 aromatic carbocycles. The first-order valence-corrected chi connectivity index (χ1v) is 11.5. The van der Waals surface area contributed by atoms with E-state index in [0.717, 1.165) is 19.3 Å². The van der Waals surface area contributed by atoms with E-state index in [4.69, 9.17) is 26.5 Å². The van der Waals surface area contributed by atoms with Gasteiger partial charge in [0.1, 0.15) is 0 Å². The number of carbonyl (C=O) groups is 2. The number of hydrogen-bond donors (Lipinski definition) is 1. The summed E-state index contributed by atoms with van der Waals surface area (Å²) in [6.07, 6.45) is 3.39. The summed E-state index contributed by atoms with van der Waals surface area (Å²) in [5, 5.41) is 6.66. The Labute approximate surface area is 214 Å². The number of hydrogen-bond acceptors (Lipinski definition) is 5. The summed E-state index contributed by atoms with van der Waals surface area (Å²) in [6.45, 7) is 9.01. The van der Waals surface area contributed by atoms with Crippen molar-refractivity contribution in [3.05, 3.63) is 71.8 Å². The number of amides is 1. The molecule has 0 saturated carbocycles. The molecule has 0 fully saturated rings. The maximum absolute atomic E-state index is 11.7. The zero-order chi connectivity index (χ0) is 24.9. The highest BCUT2D eigenvalue weighted by atomic mass is 35.5. The molecule has 0 atom stereocenters. The molecule has 0 heterocycles. The SMILES string of the molecule is CCCC(=N)OCC.CCCC(=NC(=O)c1ccccc1)OCC.Cl.O=C(Cl)c1ccccc1. The van der Waals surface area contributed by atoms with Crippen LogP contribution >= 0.6 is 24.0 Å². The third kappa shape index (κ3) is 16.9. The van der Waals surface area contributed by atoms with Crippen molar-refractivity contribution in [1.82, 2.24) is 0 Å².